The molecule has 0 radical (unpaired) electrons. The molecule has 0 spiro atoms. The fourth-order valence-corrected chi connectivity index (χ4v) is 4.74. The zero-order chi connectivity index (χ0) is 15.7. The van der Waals surface area contributed by atoms with E-state index in [0.717, 1.165) is 25.7 Å². The number of carbonyl (C=O) groups excluding carboxylic acids is 1. The fourth-order valence-electron chi connectivity index (χ4n) is 3.51. The molecule has 1 heterocycles. The van der Waals surface area contributed by atoms with Crippen molar-refractivity contribution in [2.75, 3.05) is 0 Å². The number of esters is 1. The monoisotopic (exact) mass is 309 g/mol. The molecule has 0 aromatic rings. The molecule has 0 bridgehead atoms. The van der Waals surface area contributed by atoms with Crippen LogP contribution in [-0.4, -0.2) is 27.5 Å². The maximum absolute atomic E-state index is 11.3. The number of ether oxygens (including phenoxy) is 1. The van der Waals surface area contributed by atoms with Crippen LogP contribution in [0, 0.1) is 0 Å². The summed E-state index contributed by atoms with van der Waals surface area (Å²) >= 11 is 1.88. The Morgan fingerprint density at radius 2 is 1.90 bits per heavy atom. The van der Waals surface area contributed by atoms with Crippen LogP contribution >= 0.6 is 11.9 Å². The second-order valence-electron chi connectivity index (χ2n) is 7.25. The first kappa shape index (κ1) is 16.6. The predicted octanol–water partition coefficient (Wildman–Crippen LogP) is 4.45. The minimum Gasteiger partial charge on any atom is -0.462 e. The molecule has 1 fully saturated rings. The zero-order valence-electron chi connectivity index (χ0n) is 13.8. The van der Waals surface area contributed by atoms with Crippen LogP contribution in [0.3, 0.4) is 0 Å². The van der Waals surface area contributed by atoms with E-state index < -0.39 is 0 Å². The molecule has 118 valence electrons. The third kappa shape index (κ3) is 4.13. The van der Waals surface area contributed by atoms with Gasteiger partial charge in [0, 0.05) is 35.7 Å². The molecule has 0 aromatic heterocycles. The van der Waals surface area contributed by atoms with Crippen molar-refractivity contribution in [3.8, 4) is 0 Å². The zero-order valence-corrected chi connectivity index (χ0v) is 14.6. The topological polar surface area (TPSA) is 29.5 Å². The van der Waals surface area contributed by atoms with Gasteiger partial charge in [-0.25, -0.2) is 4.31 Å². The van der Waals surface area contributed by atoms with E-state index in [2.05, 4.69) is 50.2 Å². The molecule has 0 N–H and O–H groups in total. The van der Waals surface area contributed by atoms with Gasteiger partial charge in [0.2, 0.25) is 0 Å². The normalized spacial score (nSPS) is 25.5. The quantitative estimate of drug-likeness (QED) is 0.569. The maximum atomic E-state index is 11.3. The van der Waals surface area contributed by atoms with Gasteiger partial charge in [0.25, 0.3) is 0 Å². The standard InChI is InChI=1S/C17H27NO2S/c1-13(19)20-14-11-16(2,3)18(17(4,5)12-14)21-15-9-7-6-8-10-15/h6-7,9,14H,8,10-12H2,1-5H3. The van der Waals surface area contributed by atoms with Gasteiger partial charge in [0.15, 0.2) is 0 Å². The number of hydrogen-bond acceptors (Lipinski definition) is 4. The van der Waals surface area contributed by atoms with Crippen LogP contribution in [0.2, 0.25) is 0 Å². The van der Waals surface area contributed by atoms with Crippen LogP contribution in [0.1, 0.15) is 60.3 Å². The summed E-state index contributed by atoms with van der Waals surface area (Å²) in [6.07, 6.45) is 10.6. The Bertz CT molecular complexity index is 447. The first-order valence-electron chi connectivity index (χ1n) is 7.72. The van der Waals surface area contributed by atoms with E-state index in [4.69, 9.17) is 4.74 Å². The number of allylic oxidation sites excluding steroid dienone is 4. The Morgan fingerprint density at radius 3 is 2.38 bits per heavy atom. The number of hydrogen-bond donors (Lipinski definition) is 0. The van der Waals surface area contributed by atoms with Crippen molar-refractivity contribution in [3.05, 3.63) is 23.1 Å². The summed E-state index contributed by atoms with van der Waals surface area (Å²) < 4.78 is 8.01. The first-order chi connectivity index (χ1) is 9.71. The highest BCUT2D eigenvalue weighted by Gasteiger charge is 2.47. The van der Waals surface area contributed by atoms with Gasteiger partial charge >= 0.3 is 5.97 Å². The van der Waals surface area contributed by atoms with E-state index in [0.29, 0.717) is 0 Å². The number of piperidine rings is 1. The molecule has 1 aliphatic heterocycles. The van der Waals surface area contributed by atoms with Gasteiger partial charge in [-0.05, 0) is 52.5 Å². The summed E-state index contributed by atoms with van der Waals surface area (Å²) in [6, 6.07) is 0. The molecule has 0 atom stereocenters. The summed E-state index contributed by atoms with van der Waals surface area (Å²) in [4.78, 5) is 12.7. The molecule has 0 saturated carbocycles. The Kier molecular flexibility index (Phi) is 4.89. The maximum Gasteiger partial charge on any atom is 0.302 e. The average Bonchev–Trinajstić information content (AvgIpc) is 2.33. The summed E-state index contributed by atoms with van der Waals surface area (Å²) in [6.45, 7) is 10.5. The summed E-state index contributed by atoms with van der Waals surface area (Å²) in [7, 11) is 0. The SMILES string of the molecule is CC(=O)OC1CC(C)(C)N(SC2=CC=CCC2)C(C)(C)C1. The third-order valence-electron chi connectivity index (χ3n) is 4.07. The highest BCUT2D eigenvalue weighted by atomic mass is 32.2. The number of rotatable bonds is 3. The fraction of sp³-hybridized carbons (Fsp3) is 0.706. The highest BCUT2D eigenvalue weighted by Crippen LogP contribution is 2.47. The Hall–Kier alpha value is -0.740. The minimum atomic E-state index is -0.173. The van der Waals surface area contributed by atoms with Crippen molar-refractivity contribution in [1.82, 2.24) is 4.31 Å². The third-order valence-corrected chi connectivity index (χ3v) is 5.82. The van der Waals surface area contributed by atoms with E-state index >= 15 is 0 Å². The molecule has 0 aromatic carbocycles. The minimum absolute atomic E-state index is 0.00542. The highest BCUT2D eigenvalue weighted by molar-refractivity contribution is 8.00. The van der Waals surface area contributed by atoms with Crippen LogP contribution in [0.4, 0.5) is 0 Å². The second kappa shape index (κ2) is 6.17. The average molecular weight is 309 g/mol. The van der Waals surface area contributed by atoms with E-state index in [1.165, 1.54) is 11.8 Å². The molecule has 1 saturated heterocycles. The molecule has 21 heavy (non-hydrogen) atoms. The van der Waals surface area contributed by atoms with Gasteiger partial charge in [0.1, 0.15) is 6.10 Å². The Labute approximate surface area is 132 Å². The van der Waals surface area contributed by atoms with Crippen molar-refractivity contribution in [2.24, 2.45) is 0 Å². The largest absolute Gasteiger partial charge is 0.462 e. The van der Waals surface area contributed by atoms with Crippen molar-refractivity contribution >= 4 is 17.9 Å². The van der Waals surface area contributed by atoms with Gasteiger partial charge in [-0.1, -0.05) is 18.2 Å². The van der Waals surface area contributed by atoms with Crippen LogP contribution in [-0.2, 0) is 9.53 Å². The number of nitrogens with zero attached hydrogens (tertiary/aromatic N) is 1. The molecule has 0 amide bonds. The lowest BCUT2D eigenvalue weighted by Crippen LogP contribution is -2.59. The molecule has 2 rings (SSSR count). The molecular weight excluding hydrogens is 282 g/mol. The lowest BCUT2D eigenvalue weighted by atomic mass is 9.81. The summed E-state index contributed by atoms with van der Waals surface area (Å²) in [5.74, 6) is -0.173. The Balaban J connectivity index is 2.14. The van der Waals surface area contributed by atoms with Crippen molar-refractivity contribution in [3.63, 3.8) is 0 Å². The van der Waals surface area contributed by atoms with E-state index in [9.17, 15) is 4.79 Å². The molecular formula is C17H27NO2S. The molecule has 2 aliphatic rings. The predicted molar refractivity (Wildman–Crippen MR) is 88.8 cm³/mol. The van der Waals surface area contributed by atoms with Crippen LogP contribution in [0.25, 0.3) is 0 Å². The van der Waals surface area contributed by atoms with E-state index in [1.54, 1.807) is 0 Å². The van der Waals surface area contributed by atoms with E-state index in [1.807, 2.05) is 11.9 Å². The molecule has 1 aliphatic carbocycles. The van der Waals surface area contributed by atoms with Crippen LogP contribution in [0.5, 0.6) is 0 Å². The van der Waals surface area contributed by atoms with E-state index in [-0.39, 0.29) is 23.2 Å². The van der Waals surface area contributed by atoms with Crippen molar-refractivity contribution < 1.29 is 9.53 Å². The van der Waals surface area contributed by atoms with Crippen LogP contribution < -0.4 is 0 Å². The van der Waals surface area contributed by atoms with Gasteiger partial charge in [-0.2, -0.15) is 0 Å². The molecule has 4 heteroatoms. The molecule has 3 nitrogen and oxygen atoms in total. The van der Waals surface area contributed by atoms with Crippen molar-refractivity contribution in [1.29, 1.82) is 0 Å². The van der Waals surface area contributed by atoms with Crippen molar-refractivity contribution in [2.45, 2.75) is 77.5 Å². The number of carbonyl (C=O) groups is 1. The smallest absolute Gasteiger partial charge is 0.302 e. The molecule has 0 unspecified atom stereocenters. The van der Waals surface area contributed by atoms with Gasteiger partial charge in [-0.3, -0.25) is 4.79 Å². The van der Waals surface area contributed by atoms with Crippen LogP contribution in [0.15, 0.2) is 23.1 Å². The lowest BCUT2D eigenvalue weighted by Gasteiger charge is -2.54. The van der Waals surface area contributed by atoms with Gasteiger partial charge in [0.05, 0.1) is 0 Å². The summed E-state index contributed by atoms with van der Waals surface area (Å²) in [5.41, 5.74) is -0.0108. The Morgan fingerprint density at radius 1 is 1.29 bits per heavy atom. The second-order valence-corrected chi connectivity index (χ2v) is 8.32. The summed E-state index contributed by atoms with van der Waals surface area (Å²) in [5, 5.41) is 0. The first-order valence-corrected chi connectivity index (χ1v) is 8.49. The lowest BCUT2D eigenvalue weighted by molar-refractivity contribution is -0.152. The van der Waals surface area contributed by atoms with Gasteiger partial charge < -0.3 is 4.74 Å². The van der Waals surface area contributed by atoms with Gasteiger partial charge in [-0.15, -0.1) is 0 Å².